The van der Waals surface area contributed by atoms with Crippen molar-refractivity contribution in [2.75, 3.05) is 18.1 Å². The van der Waals surface area contributed by atoms with Crippen LogP contribution in [0.5, 0.6) is 5.75 Å². The molecule has 7 heteroatoms. The average Bonchev–Trinajstić information content (AvgIpc) is 3.03. The lowest BCUT2D eigenvalue weighted by Crippen LogP contribution is -2.42. The Morgan fingerprint density at radius 2 is 2.28 bits per heavy atom. The number of fused-ring (bicyclic) bond motifs is 1. The first-order chi connectivity index (χ1) is 12.0. The van der Waals surface area contributed by atoms with E-state index < -0.39 is 5.97 Å². The van der Waals surface area contributed by atoms with Crippen molar-refractivity contribution in [3.05, 3.63) is 28.6 Å². The van der Waals surface area contributed by atoms with Crippen LogP contribution < -0.4 is 9.64 Å². The predicted molar refractivity (Wildman–Crippen MR) is 96.0 cm³/mol. The Balaban J connectivity index is 1.88. The molecule has 1 amide bonds. The molecule has 132 valence electrons. The molecule has 0 aliphatic carbocycles. The van der Waals surface area contributed by atoms with Gasteiger partial charge in [-0.25, -0.2) is 4.98 Å². The van der Waals surface area contributed by atoms with Gasteiger partial charge in [-0.05, 0) is 38.5 Å². The van der Waals surface area contributed by atoms with Crippen LogP contribution in [0, 0.1) is 6.92 Å². The number of hydrogen-bond donors (Lipinski definition) is 0. The lowest BCUT2D eigenvalue weighted by molar-refractivity contribution is -0.147. The molecule has 0 radical (unpaired) electrons. The second-order valence-corrected chi connectivity index (χ2v) is 6.97. The average molecular weight is 360 g/mol. The summed E-state index contributed by atoms with van der Waals surface area (Å²) in [6.07, 6.45) is 0.555. The molecule has 1 aliphatic heterocycles. The highest BCUT2D eigenvalue weighted by molar-refractivity contribution is 7.09. The van der Waals surface area contributed by atoms with Gasteiger partial charge >= 0.3 is 5.97 Å². The lowest BCUT2D eigenvalue weighted by Gasteiger charge is -2.29. The standard InChI is InChI=1S/C18H20N2O4S/c1-4-11(2)24-18(22)8-20-15-7-13(14-10-25-12(3)19-14)5-6-16(15)23-9-17(20)21/h5-7,10-11H,4,8-9H2,1-3H3. The molecular formula is C18H20N2O4S. The van der Waals surface area contributed by atoms with Gasteiger partial charge in [0.25, 0.3) is 5.91 Å². The summed E-state index contributed by atoms with van der Waals surface area (Å²) >= 11 is 1.56. The maximum atomic E-state index is 12.3. The third-order valence-electron chi connectivity index (χ3n) is 4.01. The zero-order valence-corrected chi connectivity index (χ0v) is 15.3. The molecule has 25 heavy (non-hydrogen) atoms. The van der Waals surface area contributed by atoms with E-state index in [2.05, 4.69) is 4.98 Å². The maximum absolute atomic E-state index is 12.3. The summed E-state index contributed by atoms with van der Waals surface area (Å²) in [5.41, 5.74) is 2.28. The molecule has 1 atom stereocenters. The van der Waals surface area contributed by atoms with Gasteiger partial charge in [-0.1, -0.05) is 6.92 Å². The molecule has 1 aromatic carbocycles. The van der Waals surface area contributed by atoms with Crippen LogP contribution in [0.3, 0.4) is 0 Å². The van der Waals surface area contributed by atoms with Crippen molar-refractivity contribution >= 4 is 28.9 Å². The third-order valence-corrected chi connectivity index (χ3v) is 4.78. The van der Waals surface area contributed by atoms with Gasteiger partial charge in [0.05, 0.1) is 22.5 Å². The number of amides is 1. The summed E-state index contributed by atoms with van der Waals surface area (Å²) in [4.78, 5) is 30.3. The molecule has 2 heterocycles. The van der Waals surface area contributed by atoms with Crippen LogP contribution in [0.25, 0.3) is 11.3 Å². The van der Waals surface area contributed by atoms with E-state index in [0.29, 0.717) is 11.4 Å². The summed E-state index contributed by atoms with van der Waals surface area (Å²) < 4.78 is 10.8. The quantitative estimate of drug-likeness (QED) is 0.766. The molecule has 6 nitrogen and oxygen atoms in total. The van der Waals surface area contributed by atoms with Gasteiger partial charge < -0.3 is 9.47 Å². The summed E-state index contributed by atoms with van der Waals surface area (Å²) in [5.74, 6) is -0.114. The van der Waals surface area contributed by atoms with Crippen LogP contribution >= 0.6 is 11.3 Å². The SMILES string of the molecule is CCC(C)OC(=O)CN1C(=O)COc2ccc(-c3csc(C)n3)cc21. The Bertz CT molecular complexity index is 802. The lowest BCUT2D eigenvalue weighted by atomic mass is 10.1. The molecule has 0 N–H and O–H groups in total. The van der Waals surface area contributed by atoms with Gasteiger partial charge in [0.1, 0.15) is 12.3 Å². The molecule has 0 fully saturated rings. The second-order valence-electron chi connectivity index (χ2n) is 5.91. The van der Waals surface area contributed by atoms with Crippen molar-refractivity contribution in [2.24, 2.45) is 0 Å². The van der Waals surface area contributed by atoms with E-state index in [1.807, 2.05) is 38.3 Å². The van der Waals surface area contributed by atoms with E-state index in [-0.39, 0.29) is 25.2 Å². The molecule has 0 saturated carbocycles. The van der Waals surface area contributed by atoms with Crippen molar-refractivity contribution in [3.63, 3.8) is 0 Å². The highest BCUT2D eigenvalue weighted by Gasteiger charge is 2.28. The monoisotopic (exact) mass is 360 g/mol. The minimum Gasteiger partial charge on any atom is -0.482 e. The van der Waals surface area contributed by atoms with Crippen molar-refractivity contribution < 1.29 is 19.1 Å². The Hall–Kier alpha value is -2.41. The van der Waals surface area contributed by atoms with Crippen molar-refractivity contribution in [1.29, 1.82) is 0 Å². The number of rotatable bonds is 5. The van der Waals surface area contributed by atoms with Crippen LogP contribution in [0.1, 0.15) is 25.3 Å². The number of benzene rings is 1. The normalized spacial score (nSPS) is 14.7. The Morgan fingerprint density at radius 1 is 1.48 bits per heavy atom. The number of nitrogens with zero attached hydrogens (tertiary/aromatic N) is 2. The minimum atomic E-state index is -0.426. The molecule has 0 bridgehead atoms. The van der Waals surface area contributed by atoms with Gasteiger partial charge in [-0.3, -0.25) is 14.5 Å². The van der Waals surface area contributed by atoms with E-state index >= 15 is 0 Å². The van der Waals surface area contributed by atoms with E-state index in [0.717, 1.165) is 22.7 Å². The molecule has 1 unspecified atom stereocenters. The molecule has 0 spiro atoms. The zero-order valence-electron chi connectivity index (χ0n) is 14.4. The van der Waals surface area contributed by atoms with E-state index in [1.165, 1.54) is 4.90 Å². The van der Waals surface area contributed by atoms with Crippen LogP contribution in [0.2, 0.25) is 0 Å². The van der Waals surface area contributed by atoms with Crippen LogP contribution in [-0.4, -0.2) is 36.1 Å². The van der Waals surface area contributed by atoms with Crippen molar-refractivity contribution in [1.82, 2.24) is 4.98 Å². The van der Waals surface area contributed by atoms with Crippen LogP contribution in [-0.2, 0) is 14.3 Å². The summed E-state index contributed by atoms with van der Waals surface area (Å²) in [6.45, 7) is 5.50. The Morgan fingerprint density at radius 3 is 2.96 bits per heavy atom. The first kappa shape index (κ1) is 17.4. The number of ether oxygens (including phenoxy) is 2. The van der Waals surface area contributed by atoms with Crippen molar-refractivity contribution in [3.8, 4) is 17.0 Å². The first-order valence-electron chi connectivity index (χ1n) is 8.17. The van der Waals surface area contributed by atoms with E-state index in [4.69, 9.17) is 9.47 Å². The van der Waals surface area contributed by atoms with Crippen LogP contribution in [0.4, 0.5) is 5.69 Å². The summed E-state index contributed by atoms with van der Waals surface area (Å²) in [6, 6.07) is 5.54. The van der Waals surface area contributed by atoms with E-state index in [1.54, 1.807) is 17.4 Å². The molecule has 3 rings (SSSR count). The second kappa shape index (κ2) is 7.23. The number of anilines is 1. The fraction of sp³-hybridized carbons (Fsp3) is 0.389. The third kappa shape index (κ3) is 3.82. The number of thiazole rings is 1. The summed E-state index contributed by atoms with van der Waals surface area (Å²) in [7, 11) is 0. The predicted octanol–water partition coefficient (Wildman–Crippen LogP) is 3.19. The number of carbonyl (C=O) groups excluding carboxylic acids is 2. The number of aryl methyl sites for hydroxylation is 1. The highest BCUT2D eigenvalue weighted by atomic mass is 32.1. The van der Waals surface area contributed by atoms with Crippen LogP contribution in [0.15, 0.2) is 23.6 Å². The number of esters is 1. The first-order valence-corrected chi connectivity index (χ1v) is 9.05. The Kier molecular flexibility index (Phi) is 5.03. The number of carbonyl (C=O) groups is 2. The Labute approximate surface area is 150 Å². The zero-order chi connectivity index (χ0) is 18.0. The topological polar surface area (TPSA) is 68.7 Å². The van der Waals surface area contributed by atoms with Gasteiger partial charge in [0.15, 0.2) is 6.61 Å². The number of hydrogen-bond acceptors (Lipinski definition) is 6. The fourth-order valence-corrected chi connectivity index (χ4v) is 3.13. The smallest absolute Gasteiger partial charge is 0.326 e. The van der Waals surface area contributed by atoms with E-state index in [9.17, 15) is 9.59 Å². The minimum absolute atomic E-state index is 0.0846. The maximum Gasteiger partial charge on any atom is 0.326 e. The summed E-state index contributed by atoms with van der Waals surface area (Å²) in [5, 5.41) is 2.93. The molecule has 1 aliphatic rings. The molecule has 2 aromatic rings. The molecular weight excluding hydrogens is 340 g/mol. The molecule has 0 saturated heterocycles. The van der Waals surface area contributed by atoms with Gasteiger partial charge in [0, 0.05) is 10.9 Å². The largest absolute Gasteiger partial charge is 0.482 e. The van der Waals surface area contributed by atoms with Crippen molar-refractivity contribution in [2.45, 2.75) is 33.3 Å². The van der Waals surface area contributed by atoms with Gasteiger partial charge in [0.2, 0.25) is 0 Å². The molecule has 1 aromatic heterocycles. The van der Waals surface area contributed by atoms with Gasteiger partial charge in [-0.2, -0.15) is 0 Å². The highest BCUT2D eigenvalue weighted by Crippen LogP contribution is 2.36. The fourth-order valence-electron chi connectivity index (χ4n) is 2.50. The number of aromatic nitrogens is 1. The van der Waals surface area contributed by atoms with Gasteiger partial charge in [-0.15, -0.1) is 11.3 Å².